The van der Waals surface area contributed by atoms with Gasteiger partial charge in [-0.25, -0.2) is 0 Å². The van der Waals surface area contributed by atoms with Gasteiger partial charge in [0.2, 0.25) is 0 Å². The predicted octanol–water partition coefficient (Wildman–Crippen LogP) is 1.57. The molecule has 1 atom stereocenters. The number of carbonyl (C=O) groups excluding carboxylic acids is 1. The molecule has 0 radical (unpaired) electrons. The van der Waals surface area contributed by atoms with Crippen molar-refractivity contribution in [1.82, 2.24) is 20.8 Å². The summed E-state index contributed by atoms with van der Waals surface area (Å²) in [6.07, 6.45) is 3.68. The van der Waals surface area contributed by atoms with E-state index in [-0.39, 0.29) is 24.4 Å². The van der Waals surface area contributed by atoms with Crippen molar-refractivity contribution in [3.63, 3.8) is 0 Å². The van der Waals surface area contributed by atoms with Crippen molar-refractivity contribution in [3.8, 4) is 11.5 Å². The first-order valence-electron chi connectivity index (χ1n) is 6.44. The molecular weight excluding hydrogens is 280 g/mol. The van der Waals surface area contributed by atoms with E-state index >= 15 is 0 Å². The molecular formula is C13H17ClN4O2. The van der Waals surface area contributed by atoms with Gasteiger partial charge in [0.15, 0.2) is 11.5 Å². The fraction of sp³-hybridized carbons (Fsp3) is 0.385. The van der Waals surface area contributed by atoms with E-state index in [0.717, 1.165) is 25.9 Å². The number of hydrogen-bond donors (Lipinski definition) is 3. The van der Waals surface area contributed by atoms with Crippen LogP contribution in [0.2, 0.25) is 0 Å². The monoisotopic (exact) mass is 296 g/mol. The van der Waals surface area contributed by atoms with Crippen molar-refractivity contribution in [2.75, 3.05) is 13.1 Å². The molecule has 3 heterocycles. The number of amides is 1. The molecule has 0 spiro atoms. The van der Waals surface area contributed by atoms with Crippen LogP contribution in [0.3, 0.4) is 0 Å². The fourth-order valence-electron chi connectivity index (χ4n) is 2.23. The minimum atomic E-state index is -0.150. The standard InChI is InChI=1S/C13H16N4O2.ClH/c18-13(15-9-3-1-5-14-8-9)11-7-10(16-17-11)12-4-2-6-19-12;/h2,4,6-7,9,14H,1,3,5,8H2,(H,15,18)(H,16,17);1H. The lowest BCUT2D eigenvalue weighted by Crippen LogP contribution is -2.45. The van der Waals surface area contributed by atoms with Gasteiger partial charge in [0, 0.05) is 18.7 Å². The van der Waals surface area contributed by atoms with Crippen molar-refractivity contribution in [2.24, 2.45) is 0 Å². The first-order valence-corrected chi connectivity index (χ1v) is 6.44. The highest BCUT2D eigenvalue weighted by molar-refractivity contribution is 5.93. The van der Waals surface area contributed by atoms with Gasteiger partial charge in [-0.05, 0) is 31.5 Å². The van der Waals surface area contributed by atoms with E-state index in [2.05, 4.69) is 20.8 Å². The van der Waals surface area contributed by atoms with Crippen molar-refractivity contribution in [3.05, 3.63) is 30.2 Å². The number of halogens is 1. The molecule has 1 unspecified atom stereocenters. The SMILES string of the molecule is Cl.O=C(NC1CCCNC1)c1cc(-c2ccco2)[nH]n1. The van der Waals surface area contributed by atoms with Crippen LogP contribution in [0.1, 0.15) is 23.3 Å². The molecule has 1 fully saturated rings. The molecule has 2 aromatic heterocycles. The molecule has 6 nitrogen and oxygen atoms in total. The van der Waals surface area contributed by atoms with E-state index in [1.807, 2.05) is 6.07 Å². The lowest BCUT2D eigenvalue weighted by Gasteiger charge is -2.23. The van der Waals surface area contributed by atoms with E-state index in [1.165, 1.54) is 0 Å². The maximum absolute atomic E-state index is 12.0. The summed E-state index contributed by atoms with van der Waals surface area (Å²) >= 11 is 0. The number of aromatic amines is 1. The summed E-state index contributed by atoms with van der Waals surface area (Å²) in [5.41, 5.74) is 1.09. The number of H-pyrrole nitrogens is 1. The summed E-state index contributed by atoms with van der Waals surface area (Å²) in [5, 5.41) is 13.1. The summed E-state index contributed by atoms with van der Waals surface area (Å²) < 4.78 is 5.25. The molecule has 1 saturated heterocycles. The van der Waals surface area contributed by atoms with E-state index in [0.29, 0.717) is 17.1 Å². The largest absolute Gasteiger partial charge is 0.463 e. The van der Waals surface area contributed by atoms with Gasteiger partial charge in [0.05, 0.1) is 6.26 Å². The first-order chi connectivity index (χ1) is 9.33. The summed E-state index contributed by atoms with van der Waals surface area (Å²) in [4.78, 5) is 12.0. The topological polar surface area (TPSA) is 83.0 Å². The molecule has 0 saturated carbocycles. The molecule has 7 heteroatoms. The molecule has 1 aliphatic heterocycles. The zero-order valence-corrected chi connectivity index (χ0v) is 11.7. The van der Waals surface area contributed by atoms with Gasteiger partial charge in [0.1, 0.15) is 5.69 Å². The number of nitrogens with zero attached hydrogens (tertiary/aromatic N) is 1. The highest BCUT2D eigenvalue weighted by Crippen LogP contribution is 2.17. The molecule has 1 aliphatic rings. The second-order valence-corrected chi connectivity index (χ2v) is 4.66. The fourth-order valence-corrected chi connectivity index (χ4v) is 2.23. The van der Waals surface area contributed by atoms with Gasteiger partial charge >= 0.3 is 0 Å². The highest BCUT2D eigenvalue weighted by atomic mass is 35.5. The van der Waals surface area contributed by atoms with Gasteiger partial charge in [-0.3, -0.25) is 9.89 Å². The Balaban J connectivity index is 0.00000147. The van der Waals surface area contributed by atoms with Crippen molar-refractivity contribution < 1.29 is 9.21 Å². The van der Waals surface area contributed by atoms with Gasteiger partial charge in [-0.1, -0.05) is 0 Å². The third-order valence-corrected chi connectivity index (χ3v) is 3.23. The summed E-state index contributed by atoms with van der Waals surface area (Å²) in [5.74, 6) is 0.522. The zero-order valence-electron chi connectivity index (χ0n) is 10.9. The van der Waals surface area contributed by atoms with Crippen molar-refractivity contribution >= 4 is 18.3 Å². The normalized spacial score (nSPS) is 18.3. The second kappa shape index (κ2) is 6.58. The van der Waals surface area contributed by atoms with Crippen molar-refractivity contribution in [2.45, 2.75) is 18.9 Å². The van der Waals surface area contributed by atoms with Crippen molar-refractivity contribution in [1.29, 1.82) is 0 Å². The quantitative estimate of drug-likeness (QED) is 0.803. The number of furan rings is 1. The smallest absolute Gasteiger partial charge is 0.272 e. The Kier molecular flexibility index (Phi) is 4.81. The van der Waals surface area contributed by atoms with Gasteiger partial charge < -0.3 is 15.1 Å². The summed E-state index contributed by atoms with van der Waals surface area (Å²) in [6.45, 7) is 1.85. The molecule has 0 bridgehead atoms. The summed E-state index contributed by atoms with van der Waals surface area (Å²) in [6, 6.07) is 5.50. The van der Waals surface area contributed by atoms with Gasteiger partial charge in [0.25, 0.3) is 5.91 Å². The van der Waals surface area contributed by atoms with E-state index in [9.17, 15) is 4.79 Å². The molecule has 108 valence electrons. The lowest BCUT2D eigenvalue weighted by molar-refractivity contribution is 0.0925. The molecule has 0 aromatic carbocycles. The highest BCUT2D eigenvalue weighted by Gasteiger charge is 2.18. The number of aromatic nitrogens is 2. The maximum Gasteiger partial charge on any atom is 0.272 e. The maximum atomic E-state index is 12.0. The van der Waals surface area contributed by atoms with Crippen LogP contribution in [0.5, 0.6) is 0 Å². The Labute approximate surface area is 122 Å². The van der Waals surface area contributed by atoms with E-state index in [4.69, 9.17) is 4.42 Å². The molecule has 3 rings (SSSR count). The van der Waals surface area contributed by atoms with Crippen LogP contribution >= 0.6 is 12.4 Å². The number of hydrogen-bond acceptors (Lipinski definition) is 4. The molecule has 2 aromatic rings. The number of carbonyl (C=O) groups is 1. The molecule has 1 amide bonds. The second-order valence-electron chi connectivity index (χ2n) is 4.66. The van der Waals surface area contributed by atoms with Crippen LogP contribution in [-0.4, -0.2) is 35.2 Å². The lowest BCUT2D eigenvalue weighted by atomic mass is 10.1. The Bertz CT molecular complexity index is 546. The zero-order chi connectivity index (χ0) is 13.1. The Hall–Kier alpha value is -1.79. The molecule has 0 aliphatic carbocycles. The first kappa shape index (κ1) is 14.6. The Morgan fingerprint density at radius 2 is 2.40 bits per heavy atom. The van der Waals surface area contributed by atoms with E-state index < -0.39 is 0 Å². The number of piperidine rings is 1. The molecule has 3 N–H and O–H groups in total. The Morgan fingerprint density at radius 1 is 1.50 bits per heavy atom. The van der Waals surface area contributed by atoms with Crippen LogP contribution in [-0.2, 0) is 0 Å². The van der Waals surface area contributed by atoms with Crippen LogP contribution in [0.15, 0.2) is 28.9 Å². The predicted molar refractivity (Wildman–Crippen MR) is 76.9 cm³/mol. The van der Waals surface area contributed by atoms with E-state index in [1.54, 1.807) is 18.4 Å². The average Bonchev–Trinajstić information content (AvgIpc) is 3.11. The molecule has 20 heavy (non-hydrogen) atoms. The van der Waals surface area contributed by atoms with Gasteiger partial charge in [-0.15, -0.1) is 12.4 Å². The Morgan fingerprint density at radius 3 is 3.10 bits per heavy atom. The number of rotatable bonds is 3. The third kappa shape index (κ3) is 3.20. The van der Waals surface area contributed by atoms with Crippen LogP contribution in [0.25, 0.3) is 11.5 Å². The minimum absolute atomic E-state index is 0. The van der Waals surface area contributed by atoms with Crippen LogP contribution in [0, 0.1) is 0 Å². The summed E-state index contributed by atoms with van der Waals surface area (Å²) in [7, 11) is 0. The minimum Gasteiger partial charge on any atom is -0.463 e. The number of nitrogens with one attached hydrogen (secondary N) is 3. The van der Waals surface area contributed by atoms with Gasteiger partial charge in [-0.2, -0.15) is 5.10 Å². The van der Waals surface area contributed by atoms with Crippen LogP contribution in [0.4, 0.5) is 0 Å². The van der Waals surface area contributed by atoms with Crippen LogP contribution < -0.4 is 10.6 Å². The third-order valence-electron chi connectivity index (χ3n) is 3.23. The average molecular weight is 297 g/mol.